The van der Waals surface area contributed by atoms with Gasteiger partial charge in [0.15, 0.2) is 0 Å². The summed E-state index contributed by atoms with van der Waals surface area (Å²) < 4.78 is 0. The monoisotopic (exact) mass is 253 g/mol. The second-order valence-corrected chi connectivity index (χ2v) is 4.62. The van der Waals surface area contributed by atoms with Crippen LogP contribution >= 0.6 is 11.6 Å². The van der Waals surface area contributed by atoms with E-state index in [0.29, 0.717) is 5.02 Å². The Morgan fingerprint density at radius 1 is 1.29 bits per heavy atom. The van der Waals surface area contributed by atoms with Crippen molar-refractivity contribution in [2.24, 2.45) is 0 Å². The summed E-state index contributed by atoms with van der Waals surface area (Å²) in [6.07, 6.45) is 2.63. The molecule has 5 heteroatoms. The fourth-order valence-corrected chi connectivity index (χ4v) is 2.13. The SMILES string of the molecule is CC(=O)N1CCCN(c2ccc(Cl)cn2)CC1. The van der Waals surface area contributed by atoms with Gasteiger partial charge in [-0.1, -0.05) is 11.6 Å². The molecule has 0 aromatic carbocycles. The van der Waals surface area contributed by atoms with Crippen LogP contribution in [0.4, 0.5) is 5.82 Å². The van der Waals surface area contributed by atoms with E-state index in [1.807, 2.05) is 17.0 Å². The normalized spacial score (nSPS) is 16.8. The number of aromatic nitrogens is 1. The van der Waals surface area contributed by atoms with Gasteiger partial charge in [0.05, 0.1) is 5.02 Å². The van der Waals surface area contributed by atoms with Crippen molar-refractivity contribution in [1.29, 1.82) is 0 Å². The van der Waals surface area contributed by atoms with Crippen molar-refractivity contribution in [3.05, 3.63) is 23.4 Å². The molecule has 0 bridgehead atoms. The van der Waals surface area contributed by atoms with Crippen LogP contribution in [0.25, 0.3) is 0 Å². The fourth-order valence-electron chi connectivity index (χ4n) is 2.02. The minimum absolute atomic E-state index is 0.149. The van der Waals surface area contributed by atoms with Crippen LogP contribution in [0, 0.1) is 0 Å². The molecule has 0 spiro atoms. The summed E-state index contributed by atoms with van der Waals surface area (Å²) >= 11 is 5.81. The summed E-state index contributed by atoms with van der Waals surface area (Å²) in [4.78, 5) is 19.7. The van der Waals surface area contributed by atoms with Gasteiger partial charge in [-0.2, -0.15) is 0 Å². The predicted octanol–water partition coefficient (Wildman–Crippen LogP) is 1.79. The van der Waals surface area contributed by atoms with E-state index in [0.717, 1.165) is 38.4 Å². The highest BCUT2D eigenvalue weighted by Gasteiger charge is 2.17. The highest BCUT2D eigenvalue weighted by Crippen LogP contribution is 2.16. The molecule has 1 fully saturated rings. The molecule has 1 aromatic rings. The lowest BCUT2D eigenvalue weighted by Gasteiger charge is -2.22. The summed E-state index contributed by atoms with van der Waals surface area (Å²) in [6.45, 7) is 4.97. The van der Waals surface area contributed by atoms with Crippen molar-refractivity contribution in [2.45, 2.75) is 13.3 Å². The molecule has 2 heterocycles. The molecule has 1 aromatic heterocycles. The molecule has 0 aliphatic carbocycles. The maximum absolute atomic E-state index is 11.3. The number of anilines is 1. The number of nitrogens with zero attached hydrogens (tertiary/aromatic N) is 3. The Balaban J connectivity index is 2.03. The third kappa shape index (κ3) is 3.09. The van der Waals surface area contributed by atoms with Gasteiger partial charge in [0.25, 0.3) is 0 Å². The van der Waals surface area contributed by atoms with Gasteiger partial charge in [0, 0.05) is 39.3 Å². The van der Waals surface area contributed by atoms with E-state index < -0.39 is 0 Å². The molecule has 2 rings (SSSR count). The van der Waals surface area contributed by atoms with Gasteiger partial charge >= 0.3 is 0 Å². The van der Waals surface area contributed by atoms with Crippen LogP contribution in [0.5, 0.6) is 0 Å². The van der Waals surface area contributed by atoms with E-state index in [-0.39, 0.29) is 5.91 Å². The highest BCUT2D eigenvalue weighted by atomic mass is 35.5. The first-order valence-corrected chi connectivity index (χ1v) is 6.16. The van der Waals surface area contributed by atoms with Crippen molar-refractivity contribution in [3.8, 4) is 0 Å². The topological polar surface area (TPSA) is 36.4 Å². The number of hydrogen-bond donors (Lipinski definition) is 0. The number of carbonyl (C=O) groups is 1. The zero-order valence-electron chi connectivity index (χ0n) is 9.90. The Bertz CT molecular complexity index is 393. The van der Waals surface area contributed by atoms with Crippen LogP contribution in [0.15, 0.2) is 18.3 Å². The number of carbonyl (C=O) groups excluding carboxylic acids is 1. The van der Waals surface area contributed by atoms with Gasteiger partial charge in [0.1, 0.15) is 5.82 Å². The summed E-state index contributed by atoms with van der Waals surface area (Å²) in [5, 5.41) is 0.647. The Labute approximate surface area is 106 Å². The van der Waals surface area contributed by atoms with Crippen molar-refractivity contribution >= 4 is 23.3 Å². The molecule has 1 aliphatic rings. The van der Waals surface area contributed by atoms with E-state index in [1.54, 1.807) is 13.1 Å². The number of rotatable bonds is 1. The first-order valence-electron chi connectivity index (χ1n) is 5.79. The predicted molar refractivity (Wildman–Crippen MR) is 68.3 cm³/mol. The average molecular weight is 254 g/mol. The molecular weight excluding hydrogens is 238 g/mol. The minimum Gasteiger partial charge on any atom is -0.355 e. The maximum Gasteiger partial charge on any atom is 0.219 e. The van der Waals surface area contributed by atoms with Crippen LogP contribution in [0.2, 0.25) is 5.02 Å². The van der Waals surface area contributed by atoms with Crippen molar-refractivity contribution in [3.63, 3.8) is 0 Å². The Morgan fingerprint density at radius 2 is 2.12 bits per heavy atom. The van der Waals surface area contributed by atoms with E-state index in [9.17, 15) is 4.79 Å². The van der Waals surface area contributed by atoms with E-state index in [4.69, 9.17) is 11.6 Å². The lowest BCUT2D eigenvalue weighted by atomic mass is 10.3. The van der Waals surface area contributed by atoms with Crippen LogP contribution < -0.4 is 4.90 Å². The molecule has 0 N–H and O–H groups in total. The van der Waals surface area contributed by atoms with Gasteiger partial charge in [-0.15, -0.1) is 0 Å². The molecule has 1 amide bonds. The Morgan fingerprint density at radius 3 is 2.76 bits per heavy atom. The molecule has 17 heavy (non-hydrogen) atoms. The maximum atomic E-state index is 11.3. The zero-order chi connectivity index (χ0) is 12.3. The molecule has 0 radical (unpaired) electrons. The molecule has 0 unspecified atom stereocenters. The molecule has 0 saturated carbocycles. The van der Waals surface area contributed by atoms with Crippen LogP contribution in [-0.2, 0) is 4.79 Å². The lowest BCUT2D eigenvalue weighted by molar-refractivity contribution is -0.128. The van der Waals surface area contributed by atoms with E-state index >= 15 is 0 Å². The molecule has 0 atom stereocenters. The van der Waals surface area contributed by atoms with Crippen LogP contribution in [-0.4, -0.2) is 42.0 Å². The minimum atomic E-state index is 0.149. The second-order valence-electron chi connectivity index (χ2n) is 4.18. The third-order valence-electron chi connectivity index (χ3n) is 2.98. The summed E-state index contributed by atoms with van der Waals surface area (Å²) in [5.41, 5.74) is 0. The largest absolute Gasteiger partial charge is 0.355 e. The summed E-state index contributed by atoms with van der Waals surface area (Å²) in [5.74, 6) is 1.08. The summed E-state index contributed by atoms with van der Waals surface area (Å²) in [6, 6.07) is 3.77. The molecule has 1 aliphatic heterocycles. The van der Waals surface area contributed by atoms with E-state index in [1.165, 1.54) is 0 Å². The molecule has 1 saturated heterocycles. The second kappa shape index (κ2) is 5.36. The first-order chi connectivity index (χ1) is 8.16. The molecule has 4 nitrogen and oxygen atoms in total. The third-order valence-corrected chi connectivity index (χ3v) is 3.20. The van der Waals surface area contributed by atoms with E-state index in [2.05, 4.69) is 9.88 Å². The van der Waals surface area contributed by atoms with Crippen molar-refractivity contribution in [1.82, 2.24) is 9.88 Å². The highest BCUT2D eigenvalue weighted by molar-refractivity contribution is 6.30. The Hall–Kier alpha value is -1.29. The number of hydrogen-bond acceptors (Lipinski definition) is 3. The van der Waals surface area contributed by atoms with Crippen molar-refractivity contribution < 1.29 is 4.79 Å². The average Bonchev–Trinajstić information content (AvgIpc) is 2.55. The van der Waals surface area contributed by atoms with Gasteiger partial charge in [-0.25, -0.2) is 4.98 Å². The smallest absolute Gasteiger partial charge is 0.219 e. The number of halogens is 1. The quantitative estimate of drug-likeness (QED) is 0.766. The Kier molecular flexibility index (Phi) is 3.84. The van der Waals surface area contributed by atoms with Gasteiger partial charge in [-0.3, -0.25) is 4.79 Å². The standard InChI is InChI=1S/C12H16ClN3O/c1-10(17)15-5-2-6-16(8-7-15)12-4-3-11(13)9-14-12/h3-4,9H,2,5-8H2,1H3. The molecule has 92 valence electrons. The fraction of sp³-hybridized carbons (Fsp3) is 0.500. The van der Waals surface area contributed by atoms with Crippen LogP contribution in [0.3, 0.4) is 0 Å². The first kappa shape index (κ1) is 12.2. The van der Waals surface area contributed by atoms with Crippen molar-refractivity contribution in [2.75, 3.05) is 31.1 Å². The summed E-state index contributed by atoms with van der Waals surface area (Å²) in [7, 11) is 0. The number of pyridine rings is 1. The number of amides is 1. The van der Waals surface area contributed by atoms with Gasteiger partial charge < -0.3 is 9.80 Å². The lowest BCUT2D eigenvalue weighted by Crippen LogP contribution is -2.33. The van der Waals surface area contributed by atoms with Gasteiger partial charge in [-0.05, 0) is 18.6 Å². The molecular formula is C12H16ClN3O. The zero-order valence-corrected chi connectivity index (χ0v) is 10.7. The van der Waals surface area contributed by atoms with Crippen LogP contribution in [0.1, 0.15) is 13.3 Å². The van der Waals surface area contributed by atoms with Gasteiger partial charge in [0.2, 0.25) is 5.91 Å².